The van der Waals surface area contributed by atoms with Crippen molar-refractivity contribution in [3.63, 3.8) is 0 Å². The number of amides is 2. The van der Waals surface area contributed by atoms with Crippen LogP contribution >= 0.6 is 0 Å². The fourth-order valence-electron chi connectivity index (χ4n) is 2.86. The largest absolute Gasteiger partial charge is 0.416 e. The van der Waals surface area contributed by atoms with Crippen molar-refractivity contribution >= 4 is 17.5 Å². The summed E-state index contributed by atoms with van der Waals surface area (Å²) in [5.74, 6) is 0.354. The molecule has 0 bridgehead atoms. The van der Waals surface area contributed by atoms with Crippen LogP contribution in [0.2, 0.25) is 0 Å². The number of benzene rings is 1. The molecular formula is C19H21F3N6O2. The monoisotopic (exact) mass is 422 g/mol. The molecule has 0 aliphatic carbocycles. The van der Waals surface area contributed by atoms with Gasteiger partial charge in [0.2, 0.25) is 0 Å². The van der Waals surface area contributed by atoms with E-state index in [0.29, 0.717) is 36.8 Å². The molecule has 0 radical (unpaired) electrons. The van der Waals surface area contributed by atoms with Crippen LogP contribution in [0, 0.1) is 0 Å². The highest BCUT2D eigenvalue weighted by Gasteiger charge is 2.30. The van der Waals surface area contributed by atoms with Crippen LogP contribution in [0.5, 0.6) is 0 Å². The van der Waals surface area contributed by atoms with Crippen molar-refractivity contribution in [3.05, 3.63) is 54.0 Å². The van der Waals surface area contributed by atoms with Crippen molar-refractivity contribution in [1.29, 1.82) is 0 Å². The van der Waals surface area contributed by atoms with E-state index < -0.39 is 17.8 Å². The van der Waals surface area contributed by atoms with Gasteiger partial charge in [-0.25, -0.2) is 9.48 Å². The lowest BCUT2D eigenvalue weighted by molar-refractivity contribution is -0.137. The number of ether oxygens (including phenoxy) is 1. The van der Waals surface area contributed by atoms with Gasteiger partial charge in [-0.1, -0.05) is 13.0 Å². The minimum Gasteiger partial charge on any atom is -0.383 e. The third-order valence-electron chi connectivity index (χ3n) is 4.28. The van der Waals surface area contributed by atoms with E-state index in [1.807, 2.05) is 6.92 Å². The molecule has 0 spiro atoms. The predicted molar refractivity (Wildman–Crippen MR) is 105 cm³/mol. The standard InChI is InChI=1S/C19H21F3N6O2/c1-3-16-15(24-18(29)25-17-7-8-27(26-17)9-10-30-2)12-23-28(16)14-6-4-5-13(11-14)19(20,21)22/h4-8,11-12H,3,9-10H2,1-2H3,(H2,24,25,26,29). The van der Waals surface area contributed by atoms with Crippen LogP contribution in [-0.2, 0) is 23.9 Å². The average molecular weight is 422 g/mol. The summed E-state index contributed by atoms with van der Waals surface area (Å²) < 4.78 is 47.0. The number of alkyl halides is 3. The molecule has 30 heavy (non-hydrogen) atoms. The summed E-state index contributed by atoms with van der Waals surface area (Å²) in [4.78, 5) is 12.3. The van der Waals surface area contributed by atoms with E-state index in [1.54, 1.807) is 24.1 Å². The smallest absolute Gasteiger partial charge is 0.383 e. The lowest BCUT2D eigenvalue weighted by atomic mass is 10.2. The van der Waals surface area contributed by atoms with E-state index in [2.05, 4.69) is 20.8 Å². The van der Waals surface area contributed by atoms with Crippen molar-refractivity contribution in [3.8, 4) is 5.69 Å². The van der Waals surface area contributed by atoms with Gasteiger partial charge in [-0.3, -0.25) is 10.00 Å². The lowest BCUT2D eigenvalue weighted by Gasteiger charge is -2.11. The fraction of sp³-hybridized carbons (Fsp3) is 0.316. The molecule has 11 heteroatoms. The summed E-state index contributed by atoms with van der Waals surface area (Å²) in [5, 5.41) is 13.6. The minimum atomic E-state index is -4.46. The van der Waals surface area contributed by atoms with E-state index in [0.717, 1.165) is 12.1 Å². The molecule has 2 amide bonds. The highest BCUT2D eigenvalue weighted by Crippen LogP contribution is 2.31. The van der Waals surface area contributed by atoms with Crippen molar-refractivity contribution in [1.82, 2.24) is 19.6 Å². The zero-order valence-corrected chi connectivity index (χ0v) is 16.4. The highest BCUT2D eigenvalue weighted by molar-refractivity contribution is 5.99. The number of hydrogen-bond donors (Lipinski definition) is 2. The molecule has 0 unspecified atom stereocenters. The van der Waals surface area contributed by atoms with Crippen LogP contribution in [0.3, 0.4) is 0 Å². The van der Waals surface area contributed by atoms with Gasteiger partial charge in [0.05, 0.1) is 42.0 Å². The van der Waals surface area contributed by atoms with Gasteiger partial charge in [0.1, 0.15) is 0 Å². The fourth-order valence-corrected chi connectivity index (χ4v) is 2.86. The Morgan fingerprint density at radius 1 is 1.23 bits per heavy atom. The lowest BCUT2D eigenvalue weighted by Crippen LogP contribution is -2.20. The Labute approximate surface area is 170 Å². The number of hydrogen-bond acceptors (Lipinski definition) is 4. The van der Waals surface area contributed by atoms with Crippen molar-refractivity contribution in [2.45, 2.75) is 26.1 Å². The van der Waals surface area contributed by atoms with E-state index in [9.17, 15) is 18.0 Å². The Morgan fingerprint density at radius 3 is 2.73 bits per heavy atom. The molecule has 0 aliphatic rings. The molecule has 2 heterocycles. The molecule has 0 saturated carbocycles. The predicted octanol–water partition coefficient (Wildman–Crippen LogP) is 3.94. The number of aromatic nitrogens is 4. The molecule has 0 saturated heterocycles. The Kier molecular flexibility index (Phi) is 6.40. The second-order valence-electron chi connectivity index (χ2n) is 6.35. The Bertz CT molecular complexity index is 1010. The summed E-state index contributed by atoms with van der Waals surface area (Å²) in [5.41, 5.74) is 0.446. The summed E-state index contributed by atoms with van der Waals surface area (Å²) in [6.45, 7) is 2.85. The molecule has 1 aromatic carbocycles. The quantitative estimate of drug-likeness (QED) is 0.604. The van der Waals surface area contributed by atoms with E-state index >= 15 is 0 Å². The number of carbonyl (C=O) groups excluding carboxylic acids is 1. The number of rotatable bonds is 7. The molecule has 0 atom stereocenters. The van der Waals surface area contributed by atoms with Crippen LogP contribution in [0.4, 0.5) is 29.5 Å². The number of halogens is 3. The van der Waals surface area contributed by atoms with Crippen molar-refractivity contribution in [2.24, 2.45) is 0 Å². The van der Waals surface area contributed by atoms with Crippen LogP contribution in [0.25, 0.3) is 5.69 Å². The molecular weight excluding hydrogens is 401 g/mol. The highest BCUT2D eigenvalue weighted by atomic mass is 19.4. The van der Waals surface area contributed by atoms with Gasteiger partial charge < -0.3 is 10.1 Å². The summed E-state index contributed by atoms with van der Waals surface area (Å²) in [6.07, 6.45) is -0.908. The van der Waals surface area contributed by atoms with Crippen LogP contribution < -0.4 is 10.6 Å². The minimum absolute atomic E-state index is 0.256. The maximum Gasteiger partial charge on any atom is 0.416 e. The summed E-state index contributed by atoms with van der Waals surface area (Å²) >= 11 is 0. The number of nitrogens with zero attached hydrogens (tertiary/aromatic N) is 4. The Balaban J connectivity index is 1.74. The third-order valence-corrected chi connectivity index (χ3v) is 4.28. The van der Waals surface area contributed by atoms with Gasteiger partial charge in [0.15, 0.2) is 5.82 Å². The maximum atomic E-state index is 13.0. The van der Waals surface area contributed by atoms with Crippen molar-refractivity contribution in [2.75, 3.05) is 24.4 Å². The van der Waals surface area contributed by atoms with Crippen LogP contribution in [0.1, 0.15) is 18.2 Å². The third kappa shape index (κ3) is 4.98. The normalized spacial score (nSPS) is 11.5. The van der Waals surface area contributed by atoms with Gasteiger partial charge in [0, 0.05) is 19.4 Å². The SMILES string of the molecule is CCc1c(NC(=O)Nc2ccn(CCOC)n2)cnn1-c1cccc(C(F)(F)F)c1. The molecule has 2 N–H and O–H groups in total. The topological polar surface area (TPSA) is 86.0 Å². The Hall–Kier alpha value is -3.34. The maximum absolute atomic E-state index is 13.0. The first-order valence-corrected chi connectivity index (χ1v) is 9.16. The second kappa shape index (κ2) is 8.99. The van der Waals surface area contributed by atoms with Gasteiger partial charge in [-0.05, 0) is 24.6 Å². The van der Waals surface area contributed by atoms with E-state index in [-0.39, 0.29) is 5.69 Å². The van der Waals surface area contributed by atoms with Crippen molar-refractivity contribution < 1.29 is 22.7 Å². The van der Waals surface area contributed by atoms with Gasteiger partial charge >= 0.3 is 12.2 Å². The second-order valence-corrected chi connectivity index (χ2v) is 6.35. The molecule has 3 rings (SSSR count). The molecule has 3 aromatic rings. The molecule has 2 aromatic heterocycles. The molecule has 0 aliphatic heterocycles. The summed E-state index contributed by atoms with van der Waals surface area (Å²) in [7, 11) is 1.58. The van der Waals surface area contributed by atoms with Gasteiger partial charge in [-0.2, -0.15) is 23.4 Å². The van der Waals surface area contributed by atoms with E-state index in [1.165, 1.54) is 23.0 Å². The molecule has 160 valence electrons. The van der Waals surface area contributed by atoms with Gasteiger partial charge in [-0.15, -0.1) is 0 Å². The molecule has 8 nitrogen and oxygen atoms in total. The number of urea groups is 1. The van der Waals surface area contributed by atoms with Gasteiger partial charge in [0.25, 0.3) is 0 Å². The number of carbonyl (C=O) groups is 1. The Morgan fingerprint density at radius 2 is 2.03 bits per heavy atom. The van der Waals surface area contributed by atoms with Crippen LogP contribution in [-0.4, -0.2) is 39.3 Å². The number of anilines is 2. The first kappa shape index (κ1) is 21.4. The first-order valence-electron chi connectivity index (χ1n) is 9.16. The average Bonchev–Trinajstić information content (AvgIpc) is 3.32. The zero-order chi connectivity index (χ0) is 21.7. The first-order chi connectivity index (χ1) is 14.3. The number of methoxy groups -OCH3 is 1. The summed E-state index contributed by atoms with van der Waals surface area (Å²) in [6, 6.07) is 5.96. The molecule has 0 fully saturated rings. The number of nitrogens with one attached hydrogen (secondary N) is 2. The zero-order valence-electron chi connectivity index (χ0n) is 16.4. The van der Waals surface area contributed by atoms with Crippen LogP contribution in [0.15, 0.2) is 42.7 Å². The van der Waals surface area contributed by atoms with E-state index in [4.69, 9.17) is 4.74 Å².